The SMILES string of the molecule is [CH2-][NH2+]CCc1ccccc1OCC. The van der Waals surface area contributed by atoms with Gasteiger partial charge in [0.1, 0.15) is 5.75 Å². The Kier molecular flexibility index (Phi) is 4.33. The fourth-order valence-corrected chi connectivity index (χ4v) is 1.26. The van der Waals surface area contributed by atoms with Crippen LogP contribution in [0.15, 0.2) is 24.3 Å². The monoisotopic (exact) mass is 179 g/mol. The molecular formula is C11H17NO. The first kappa shape index (κ1) is 10.1. The van der Waals surface area contributed by atoms with Gasteiger partial charge in [0.2, 0.25) is 0 Å². The van der Waals surface area contributed by atoms with E-state index in [0.29, 0.717) is 0 Å². The van der Waals surface area contributed by atoms with Crippen molar-refractivity contribution in [3.8, 4) is 5.75 Å². The molecule has 0 aliphatic carbocycles. The van der Waals surface area contributed by atoms with Gasteiger partial charge in [-0.2, -0.15) is 7.05 Å². The summed E-state index contributed by atoms with van der Waals surface area (Å²) in [5, 5.41) is 1.93. The molecule has 0 saturated heterocycles. The third-order valence-electron chi connectivity index (χ3n) is 1.89. The lowest BCUT2D eigenvalue weighted by Gasteiger charge is -2.09. The Labute approximate surface area is 79.9 Å². The predicted octanol–water partition coefficient (Wildman–Crippen LogP) is 0.983. The number of rotatable bonds is 5. The lowest BCUT2D eigenvalue weighted by atomic mass is 10.1. The maximum absolute atomic E-state index is 5.50. The molecule has 0 aliphatic rings. The van der Waals surface area contributed by atoms with Crippen LogP contribution in [-0.4, -0.2) is 13.2 Å². The second kappa shape index (κ2) is 5.60. The van der Waals surface area contributed by atoms with Gasteiger partial charge in [0.05, 0.1) is 13.2 Å². The van der Waals surface area contributed by atoms with Gasteiger partial charge >= 0.3 is 0 Å². The van der Waals surface area contributed by atoms with Gasteiger partial charge in [-0.1, -0.05) is 18.2 Å². The van der Waals surface area contributed by atoms with Gasteiger partial charge in [-0.25, -0.2) is 0 Å². The zero-order valence-corrected chi connectivity index (χ0v) is 8.12. The lowest BCUT2D eigenvalue weighted by Crippen LogP contribution is -2.77. The van der Waals surface area contributed by atoms with Crippen LogP contribution >= 0.6 is 0 Å². The van der Waals surface area contributed by atoms with Crippen molar-refractivity contribution in [1.82, 2.24) is 0 Å². The molecule has 0 heterocycles. The molecule has 2 nitrogen and oxygen atoms in total. The van der Waals surface area contributed by atoms with Crippen molar-refractivity contribution < 1.29 is 10.1 Å². The number of para-hydroxylation sites is 1. The normalized spacial score (nSPS) is 10.0. The molecule has 0 radical (unpaired) electrons. The van der Waals surface area contributed by atoms with E-state index >= 15 is 0 Å². The van der Waals surface area contributed by atoms with Crippen molar-refractivity contribution in [1.29, 1.82) is 0 Å². The topological polar surface area (TPSA) is 25.8 Å². The summed E-state index contributed by atoms with van der Waals surface area (Å²) in [6, 6.07) is 8.17. The van der Waals surface area contributed by atoms with E-state index < -0.39 is 0 Å². The van der Waals surface area contributed by atoms with Crippen LogP contribution in [0.4, 0.5) is 0 Å². The predicted molar refractivity (Wildman–Crippen MR) is 53.5 cm³/mol. The fourth-order valence-electron chi connectivity index (χ4n) is 1.26. The summed E-state index contributed by atoms with van der Waals surface area (Å²) in [6.07, 6.45) is 1.01. The highest BCUT2D eigenvalue weighted by Crippen LogP contribution is 2.17. The minimum atomic E-state index is 0.727. The van der Waals surface area contributed by atoms with E-state index in [1.54, 1.807) is 0 Å². The molecular weight excluding hydrogens is 162 g/mol. The van der Waals surface area contributed by atoms with E-state index in [4.69, 9.17) is 4.74 Å². The summed E-state index contributed by atoms with van der Waals surface area (Å²) in [6.45, 7) is 3.74. The molecule has 1 rings (SSSR count). The molecule has 13 heavy (non-hydrogen) atoms. The van der Waals surface area contributed by atoms with Crippen molar-refractivity contribution in [2.45, 2.75) is 13.3 Å². The van der Waals surface area contributed by atoms with Crippen LogP contribution in [0.2, 0.25) is 0 Å². The maximum Gasteiger partial charge on any atom is 0.122 e. The number of hydrogen-bond acceptors (Lipinski definition) is 1. The van der Waals surface area contributed by atoms with Gasteiger partial charge in [0.15, 0.2) is 0 Å². The van der Waals surface area contributed by atoms with E-state index in [9.17, 15) is 0 Å². The Balaban J connectivity index is 2.66. The summed E-state index contributed by atoms with van der Waals surface area (Å²) in [4.78, 5) is 0. The largest absolute Gasteiger partial charge is 0.494 e. The van der Waals surface area contributed by atoms with E-state index in [1.165, 1.54) is 5.56 Å². The third-order valence-corrected chi connectivity index (χ3v) is 1.89. The molecule has 0 fully saturated rings. The summed E-state index contributed by atoms with van der Waals surface area (Å²) < 4.78 is 5.50. The van der Waals surface area contributed by atoms with Gasteiger partial charge in [-0.15, -0.1) is 0 Å². The van der Waals surface area contributed by atoms with Crippen LogP contribution in [0, 0.1) is 7.05 Å². The summed E-state index contributed by atoms with van der Waals surface area (Å²) in [5.74, 6) is 1.01. The molecule has 0 unspecified atom stereocenters. The van der Waals surface area contributed by atoms with Gasteiger partial charge in [-0.05, 0) is 18.6 Å². The quantitative estimate of drug-likeness (QED) is 0.670. The Morgan fingerprint density at radius 3 is 2.85 bits per heavy atom. The van der Waals surface area contributed by atoms with Crippen molar-refractivity contribution in [3.63, 3.8) is 0 Å². The van der Waals surface area contributed by atoms with Crippen molar-refractivity contribution >= 4 is 0 Å². The maximum atomic E-state index is 5.50. The number of ether oxygens (including phenoxy) is 1. The average Bonchev–Trinajstić information content (AvgIpc) is 2.17. The van der Waals surface area contributed by atoms with Crippen molar-refractivity contribution in [3.05, 3.63) is 36.9 Å². The molecule has 0 aromatic heterocycles. The summed E-state index contributed by atoms with van der Waals surface area (Å²) in [7, 11) is 3.71. The highest BCUT2D eigenvalue weighted by Gasteiger charge is 2.00. The smallest absolute Gasteiger partial charge is 0.122 e. The van der Waals surface area contributed by atoms with Crippen molar-refractivity contribution in [2.24, 2.45) is 0 Å². The molecule has 2 heteroatoms. The third kappa shape index (κ3) is 3.07. The molecule has 0 spiro atoms. The summed E-state index contributed by atoms with van der Waals surface area (Å²) >= 11 is 0. The fraction of sp³-hybridized carbons (Fsp3) is 0.364. The molecule has 0 aliphatic heterocycles. The first-order valence-electron chi connectivity index (χ1n) is 4.70. The standard InChI is InChI=1S/C11H17NO/c1-3-13-11-7-5-4-6-10(11)8-9-12-2/h4-7H,2-3,8-9,12H2,1H3. The van der Waals surface area contributed by atoms with Crippen LogP contribution in [0.25, 0.3) is 0 Å². The molecule has 0 amide bonds. The zero-order chi connectivity index (χ0) is 9.52. The second-order valence-corrected chi connectivity index (χ2v) is 2.87. The summed E-state index contributed by atoms with van der Waals surface area (Å²) in [5.41, 5.74) is 1.27. The molecule has 0 bridgehead atoms. The number of benzene rings is 1. The Morgan fingerprint density at radius 1 is 1.38 bits per heavy atom. The van der Waals surface area contributed by atoms with E-state index in [-0.39, 0.29) is 0 Å². The van der Waals surface area contributed by atoms with Crippen LogP contribution < -0.4 is 10.1 Å². The van der Waals surface area contributed by atoms with E-state index in [2.05, 4.69) is 13.1 Å². The van der Waals surface area contributed by atoms with Gasteiger partial charge in [0.25, 0.3) is 0 Å². The first-order valence-corrected chi connectivity index (χ1v) is 4.70. The van der Waals surface area contributed by atoms with Gasteiger partial charge < -0.3 is 10.1 Å². The van der Waals surface area contributed by atoms with Crippen LogP contribution in [-0.2, 0) is 6.42 Å². The van der Waals surface area contributed by atoms with Crippen molar-refractivity contribution in [2.75, 3.05) is 13.2 Å². The minimum Gasteiger partial charge on any atom is -0.494 e. The Morgan fingerprint density at radius 2 is 2.15 bits per heavy atom. The number of quaternary nitrogens is 1. The van der Waals surface area contributed by atoms with E-state index in [1.807, 2.05) is 30.4 Å². The van der Waals surface area contributed by atoms with Crippen LogP contribution in [0.1, 0.15) is 12.5 Å². The molecule has 72 valence electrons. The highest BCUT2D eigenvalue weighted by atomic mass is 16.5. The molecule has 2 N–H and O–H groups in total. The Hall–Kier alpha value is -1.02. The molecule has 1 aromatic rings. The number of nitrogens with two attached hydrogens (primary N) is 1. The number of hydrogen-bond donors (Lipinski definition) is 1. The van der Waals surface area contributed by atoms with E-state index in [0.717, 1.165) is 25.3 Å². The molecule has 0 saturated carbocycles. The van der Waals surface area contributed by atoms with Crippen LogP contribution in [0.3, 0.4) is 0 Å². The first-order chi connectivity index (χ1) is 6.38. The zero-order valence-electron chi connectivity index (χ0n) is 8.12. The molecule has 0 atom stereocenters. The minimum absolute atomic E-state index is 0.727. The van der Waals surface area contributed by atoms with Crippen LogP contribution in [0.5, 0.6) is 5.75 Å². The van der Waals surface area contributed by atoms with Gasteiger partial charge in [0, 0.05) is 6.42 Å². The van der Waals surface area contributed by atoms with Gasteiger partial charge in [-0.3, -0.25) is 0 Å². The average molecular weight is 179 g/mol. The lowest BCUT2D eigenvalue weighted by molar-refractivity contribution is -0.594. The molecule has 1 aromatic carbocycles. The highest BCUT2D eigenvalue weighted by molar-refractivity contribution is 5.33. The second-order valence-electron chi connectivity index (χ2n) is 2.87. The Bertz CT molecular complexity index is 248.